The standard InChI is InChI=1S/C19H24BrN/c1-3-21-14-18(11-16-9-7-15(2)8-10-16)12-17-5-4-6-19(20)13-17/h4-10,13,18,21H,3,11-12,14H2,1-2H3. The van der Waals surface area contributed by atoms with Crippen LogP contribution in [0, 0.1) is 12.8 Å². The SMILES string of the molecule is CCNCC(Cc1ccc(C)cc1)Cc1cccc(Br)c1. The molecule has 0 bridgehead atoms. The van der Waals surface area contributed by atoms with Gasteiger partial charge in [-0.05, 0) is 62.0 Å². The molecule has 2 aromatic carbocycles. The van der Waals surface area contributed by atoms with Crippen molar-refractivity contribution in [3.05, 3.63) is 69.7 Å². The maximum Gasteiger partial charge on any atom is 0.0177 e. The minimum atomic E-state index is 0.627. The number of hydrogen-bond acceptors (Lipinski definition) is 1. The van der Waals surface area contributed by atoms with Crippen molar-refractivity contribution in [3.8, 4) is 0 Å². The largest absolute Gasteiger partial charge is 0.317 e. The van der Waals surface area contributed by atoms with Gasteiger partial charge in [0.05, 0.1) is 0 Å². The van der Waals surface area contributed by atoms with Crippen LogP contribution in [0.25, 0.3) is 0 Å². The second-order valence-corrected chi connectivity index (χ2v) is 6.61. The van der Waals surface area contributed by atoms with E-state index < -0.39 is 0 Å². The molecule has 1 N–H and O–H groups in total. The third kappa shape index (κ3) is 5.64. The lowest BCUT2D eigenvalue weighted by atomic mass is 9.92. The minimum Gasteiger partial charge on any atom is -0.317 e. The molecule has 0 fully saturated rings. The summed E-state index contributed by atoms with van der Waals surface area (Å²) in [7, 11) is 0. The molecule has 112 valence electrons. The molecule has 2 rings (SSSR count). The minimum absolute atomic E-state index is 0.627. The van der Waals surface area contributed by atoms with E-state index in [2.05, 4.69) is 83.6 Å². The summed E-state index contributed by atoms with van der Waals surface area (Å²) >= 11 is 3.56. The fourth-order valence-electron chi connectivity index (χ4n) is 2.62. The molecule has 0 heterocycles. The van der Waals surface area contributed by atoms with Crippen molar-refractivity contribution in [2.45, 2.75) is 26.7 Å². The number of halogens is 1. The van der Waals surface area contributed by atoms with Crippen LogP contribution in [-0.2, 0) is 12.8 Å². The highest BCUT2D eigenvalue weighted by Crippen LogP contribution is 2.18. The summed E-state index contributed by atoms with van der Waals surface area (Å²) < 4.78 is 1.16. The van der Waals surface area contributed by atoms with E-state index >= 15 is 0 Å². The van der Waals surface area contributed by atoms with Crippen LogP contribution in [0.3, 0.4) is 0 Å². The van der Waals surface area contributed by atoms with E-state index in [1.165, 1.54) is 16.7 Å². The molecule has 1 nitrogen and oxygen atoms in total. The molecule has 0 saturated heterocycles. The van der Waals surface area contributed by atoms with Crippen LogP contribution in [0.5, 0.6) is 0 Å². The topological polar surface area (TPSA) is 12.0 Å². The Kier molecular flexibility index (Phi) is 6.47. The molecule has 2 heteroatoms. The molecule has 1 atom stereocenters. The molecule has 0 aliphatic carbocycles. The monoisotopic (exact) mass is 345 g/mol. The van der Waals surface area contributed by atoms with Crippen molar-refractivity contribution in [3.63, 3.8) is 0 Å². The third-order valence-corrected chi connectivity index (χ3v) is 4.23. The van der Waals surface area contributed by atoms with E-state index in [0.29, 0.717) is 5.92 Å². The quantitative estimate of drug-likeness (QED) is 0.762. The summed E-state index contributed by atoms with van der Waals surface area (Å²) in [5.41, 5.74) is 4.16. The van der Waals surface area contributed by atoms with Gasteiger partial charge in [-0.1, -0.05) is 64.8 Å². The van der Waals surface area contributed by atoms with Gasteiger partial charge in [-0.3, -0.25) is 0 Å². The van der Waals surface area contributed by atoms with Gasteiger partial charge in [0.15, 0.2) is 0 Å². The highest BCUT2D eigenvalue weighted by molar-refractivity contribution is 9.10. The summed E-state index contributed by atoms with van der Waals surface area (Å²) in [4.78, 5) is 0. The van der Waals surface area contributed by atoms with E-state index in [0.717, 1.165) is 30.4 Å². The molecule has 0 saturated carbocycles. The first-order valence-corrected chi connectivity index (χ1v) is 8.47. The van der Waals surface area contributed by atoms with E-state index in [-0.39, 0.29) is 0 Å². The molecule has 0 aliphatic heterocycles. The van der Waals surface area contributed by atoms with Gasteiger partial charge in [-0.2, -0.15) is 0 Å². The normalized spacial score (nSPS) is 12.3. The van der Waals surface area contributed by atoms with Crippen LogP contribution in [0.15, 0.2) is 53.0 Å². The van der Waals surface area contributed by atoms with Crippen LogP contribution in [0.4, 0.5) is 0 Å². The average molecular weight is 346 g/mol. The Labute approximate surface area is 136 Å². The Morgan fingerprint density at radius 2 is 1.71 bits per heavy atom. The summed E-state index contributed by atoms with van der Waals surface area (Å²) in [5.74, 6) is 0.627. The summed E-state index contributed by atoms with van der Waals surface area (Å²) in [6, 6.07) is 17.6. The summed E-state index contributed by atoms with van der Waals surface area (Å²) in [5, 5.41) is 3.50. The predicted molar refractivity (Wildman–Crippen MR) is 94.8 cm³/mol. The zero-order chi connectivity index (χ0) is 15.1. The fraction of sp³-hybridized carbons (Fsp3) is 0.368. The smallest absolute Gasteiger partial charge is 0.0177 e. The highest BCUT2D eigenvalue weighted by atomic mass is 79.9. The predicted octanol–water partition coefficient (Wildman–Crippen LogP) is 4.77. The van der Waals surface area contributed by atoms with E-state index in [4.69, 9.17) is 0 Å². The molecule has 1 unspecified atom stereocenters. The van der Waals surface area contributed by atoms with Crippen molar-refractivity contribution in [2.75, 3.05) is 13.1 Å². The first-order chi connectivity index (χ1) is 10.2. The number of benzene rings is 2. The zero-order valence-corrected chi connectivity index (χ0v) is 14.5. The molecule has 0 amide bonds. The Morgan fingerprint density at radius 1 is 1.00 bits per heavy atom. The number of aryl methyl sites for hydroxylation is 1. The number of rotatable bonds is 7. The van der Waals surface area contributed by atoms with Crippen molar-refractivity contribution < 1.29 is 0 Å². The van der Waals surface area contributed by atoms with Gasteiger partial charge in [-0.15, -0.1) is 0 Å². The second kappa shape index (κ2) is 8.35. The lowest BCUT2D eigenvalue weighted by molar-refractivity contribution is 0.478. The first-order valence-electron chi connectivity index (χ1n) is 7.68. The fourth-order valence-corrected chi connectivity index (χ4v) is 3.07. The van der Waals surface area contributed by atoms with Gasteiger partial charge in [0.25, 0.3) is 0 Å². The van der Waals surface area contributed by atoms with Crippen LogP contribution < -0.4 is 5.32 Å². The lowest BCUT2D eigenvalue weighted by Gasteiger charge is -2.18. The van der Waals surface area contributed by atoms with Gasteiger partial charge < -0.3 is 5.32 Å². The van der Waals surface area contributed by atoms with Crippen LogP contribution in [0.1, 0.15) is 23.6 Å². The lowest BCUT2D eigenvalue weighted by Crippen LogP contribution is -2.25. The maximum atomic E-state index is 3.56. The third-order valence-electron chi connectivity index (χ3n) is 3.74. The highest BCUT2D eigenvalue weighted by Gasteiger charge is 2.11. The molecule has 0 spiro atoms. The Hall–Kier alpha value is -1.12. The van der Waals surface area contributed by atoms with E-state index in [9.17, 15) is 0 Å². The molecule has 21 heavy (non-hydrogen) atoms. The van der Waals surface area contributed by atoms with Crippen molar-refractivity contribution in [2.24, 2.45) is 5.92 Å². The molecule has 0 aromatic heterocycles. The Bertz CT molecular complexity index is 548. The van der Waals surface area contributed by atoms with Crippen molar-refractivity contribution in [1.82, 2.24) is 5.32 Å². The van der Waals surface area contributed by atoms with Gasteiger partial charge in [0.1, 0.15) is 0 Å². The van der Waals surface area contributed by atoms with Crippen molar-refractivity contribution >= 4 is 15.9 Å². The van der Waals surface area contributed by atoms with E-state index in [1.54, 1.807) is 0 Å². The zero-order valence-electron chi connectivity index (χ0n) is 12.9. The average Bonchev–Trinajstić information content (AvgIpc) is 2.47. The maximum absolute atomic E-state index is 3.56. The summed E-state index contributed by atoms with van der Waals surface area (Å²) in [6.45, 7) is 6.41. The van der Waals surface area contributed by atoms with Gasteiger partial charge in [-0.25, -0.2) is 0 Å². The van der Waals surface area contributed by atoms with Crippen LogP contribution in [0.2, 0.25) is 0 Å². The second-order valence-electron chi connectivity index (χ2n) is 5.70. The molecular weight excluding hydrogens is 322 g/mol. The molecule has 2 aromatic rings. The van der Waals surface area contributed by atoms with Gasteiger partial charge in [0, 0.05) is 4.47 Å². The number of nitrogens with one attached hydrogen (secondary N) is 1. The van der Waals surface area contributed by atoms with Gasteiger partial charge >= 0.3 is 0 Å². The van der Waals surface area contributed by atoms with Crippen LogP contribution >= 0.6 is 15.9 Å². The van der Waals surface area contributed by atoms with Crippen molar-refractivity contribution in [1.29, 1.82) is 0 Å². The summed E-state index contributed by atoms with van der Waals surface area (Å²) in [6.07, 6.45) is 2.24. The first kappa shape index (κ1) is 16.3. The van der Waals surface area contributed by atoms with Gasteiger partial charge in [0.2, 0.25) is 0 Å². The number of hydrogen-bond donors (Lipinski definition) is 1. The Morgan fingerprint density at radius 3 is 2.38 bits per heavy atom. The molecule has 0 radical (unpaired) electrons. The van der Waals surface area contributed by atoms with E-state index in [1.807, 2.05) is 0 Å². The molecule has 0 aliphatic rings. The Balaban J connectivity index is 2.04. The molecular formula is C19H24BrN. The van der Waals surface area contributed by atoms with Crippen LogP contribution in [-0.4, -0.2) is 13.1 Å².